The van der Waals surface area contributed by atoms with E-state index in [9.17, 15) is 4.79 Å². The SMILES string of the molecule is CCOC1CC(N)(C(=O)NCC2(N(C)C)CCCC(C)C2)C1(C)C.Cl.Cl. The number of carbonyl (C=O) groups excluding carboxylic acids is 1. The fourth-order valence-corrected chi connectivity index (χ4v) is 4.58. The molecule has 3 N–H and O–H groups in total. The molecule has 7 heteroatoms. The summed E-state index contributed by atoms with van der Waals surface area (Å²) in [5, 5.41) is 3.19. The van der Waals surface area contributed by atoms with Gasteiger partial charge in [-0.1, -0.05) is 33.6 Å². The number of halogens is 2. The standard InChI is InChI=1S/C19H37N3O2.2ClH/c1-7-24-15-12-19(20,17(15,3)4)16(23)21-13-18(22(5)6)10-8-9-14(2)11-18;;/h14-15H,7-13,20H2,1-6H3,(H,21,23);2*1H. The Labute approximate surface area is 172 Å². The van der Waals surface area contributed by atoms with Crippen LogP contribution in [0.1, 0.15) is 59.8 Å². The van der Waals surface area contributed by atoms with Crippen molar-refractivity contribution in [1.82, 2.24) is 10.2 Å². The van der Waals surface area contributed by atoms with E-state index in [0.717, 1.165) is 12.8 Å². The van der Waals surface area contributed by atoms with E-state index in [1.54, 1.807) is 0 Å². The molecule has 4 unspecified atom stereocenters. The predicted octanol–water partition coefficient (Wildman–Crippen LogP) is 2.99. The van der Waals surface area contributed by atoms with Crippen LogP contribution in [0, 0.1) is 11.3 Å². The highest BCUT2D eigenvalue weighted by molar-refractivity contribution is 5.88. The first kappa shape index (κ1) is 25.9. The Kier molecular flexibility index (Phi) is 9.39. The molecule has 0 aliphatic heterocycles. The molecule has 2 saturated carbocycles. The number of rotatable bonds is 6. The van der Waals surface area contributed by atoms with E-state index in [4.69, 9.17) is 10.5 Å². The summed E-state index contributed by atoms with van der Waals surface area (Å²) >= 11 is 0. The molecule has 0 bridgehead atoms. The fraction of sp³-hybridized carbons (Fsp3) is 0.947. The van der Waals surface area contributed by atoms with Crippen molar-refractivity contribution < 1.29 is 9.53 Å². The average molecular weight is 412 g/mol. The number of likely N-dealkylation sites (N-methyl/N-ethyl adjacent to an activating group) is 1. The first-order valence-corrected chi connectivity index (χ1v) is 9.45. The lowest BCUT2D eigenvalue weighted by Crippen LogP contribution is -2.76. The maximum absolute atomic E-state index is 12.9. The molecule has 26 heavy (non-hydrogen) atoms. The summed E-state index contributed by atoms with van der Waals surface area (Å²) in [4.78, 5) is 15.2. The van der Waals surface area contributed by atoms with E-state index < -0.39 is 5.54 Å². The zero-order chi connectivity index (χ0) is 18.2. The minimum atomic E-state index is -0.833. The Morgan fingerprint density at radius 3 is 2.35 bits per heavy atom. The summed E-state index contributed by atoms with van der Waals surface area (Å²) in [6.45, 7) is 9.72. The first-order valence-electron chi connectivity index (χ1n) is 9.45. The third kappa shape index (κ3) is 4.49. The first-order chi connectivity index (χ1) is 11.1. The molecule has 4 atom stereocenters. The van der Waals surface area contributed by atoms with Crippen LogP contribution in [0.2, 0.25) is 0 Å². The topological polar surface area (TPSA) is 67.6 Å². The highest BCUT2D eigenvalue weighted by atomic mass is 35.5. The number of ether oxygens (including phenoxy) is 1. The van der Waals surface area contributed by atoms with Gasteiger partial charge in [0.25, 0.3) is 0 Å². The monoisotopic (exact) mass is 411 g/mol. The van der Waals surface area contributed by atoms with Crippen molar-refractivity contribution in [1.29, 1.82) is 0 Å². The number of amides is 1. The summed E-state index contributed by atoms with van der Waals surface area (Å²) in [6, 6.07) is 0. The van der Waals surface area contributed by atoms with Crippen molar-refractivity contribution in [3.8, 4) is 0 Å². The number of hydrogen-bond donors (Lipinski definition) is 2. The molecular formula is C19H39Cl2N3O2. The van der Waals surface area contributed by atoms with Crippen LogP contribution >= 0.6 is 24.8 Å². The van der Waals surface area contributed by atoms with E-state index in [2.05, 4.69) is 31.2 Å². The van der Waals surface area contributed by atoms with E-state index in [1.807, 2.05) is 20.8 Å². The van der Waals surface area contributed by atoms with Gasteiger partial charge in [0.2, 0.25) is 5.91 Å². The predicted molar refractivity (Wildman–Crippen MR) is 112 cm³/mol. The lowest BCUT2D eigenvalue weighted by Gasteiger charge is -2.58. The van der Waals surface area contributed by atoms with Crippen LogP contribution < -0.4 is 11.1 Å². The van der Waals surface area contributed by atoms with E-state index in [1.165, 1.54) is 12.8 Å². The van der Waals surface area contributed by atoms with Crippen molar-refractivity contribution in [2.75, 3.05) is 27.2 Å². The normalized spacial score (nSPS) is 35.7. The van der Waals surface area contributed by atoms with Gasteiger partial charge in [-0.25, -0.2) is 0 Å². The Balaban J connectivity index is 0.00000312. The smallest absolute Gasteiger partial charge is 0.240 e. The summed E-state index contributed by atoms with van der Waals surface area (Å²) < 4.78 is 5.74. The van der Waals surface area contributed by atoms with Crippen LogP contribution in [0.15, 0.2) is 0 Å². The number of hydrogen-bond acceptors (Lipinski definition) is 4. The van der Waals surface area contributed by atoms with Crippen LogP contribution in [0.25, 0.3) is 0 Å². The quantitative estimate of drug-likeness (QED) is 0.704. The van der Waals surface area contributed by atoms with Crippen LogP contribution in [0.3, 0.4) is 0 Å². The second-order valence-electron chi connectivity index (χ2n) is 8.84. The molecular weight excluding hydrogens is 373 g/mol. The van der Waals surface area contributed by atoms with Crippen molar-refractivity contribution in [3.63, 3.8) is 0 Å². The van der Waals surface area contributed by atoms with Crippen LogP contribution in [0.5, 0.6) is 0 Å². The van der Waals surface area contributed by atoms with Gasteiger partial charge >= 0.3 is 0 Å². The molecule has 2 aliphatic carbocycles. The van der Waals surface area contributed by atoms with Crippen molar-refractivity contribution in [2.45, 2.75) is 77.0 Å². The molecule has 0 aromatic carbocycles. The Morgan fingerprint density at radius 1 is 1.27 bits per heavy atom. The molecule has 0 radical (unpaired) electrons. The Hall–Kier alpha value is -0.0700. The molecule has 0 heterocycles. The molecule has 0 spiro atoms. The van der Waals surface area contributed by atoms with Gasteiger partial charge in [0.1, 0.15) is 5.54 Å². The average Bonchev–Trinajstić information content (AvgIpc) is 2.52. The van der Waals surface area contributed by atoms with Crippen LogP contribution in [-0.2, 0) is 9.53 Å². The zero-order valence-electron chi connectivity index (χ0n) is 17.3. The second kappa shape index (κ2) is 9.42. The summed E-state index contributed by atoms with van der Waals surface area (Å²) in [7, 11) is 4.25. The van der Waals surface area contributed by atoms with Gasteiger partial charge < -0.3 is 20.7 Å². The summed E-state index contributed by atoms with van der Waals surface area (Å²) in [6.07, 6.45) is 5.44. The van der Waals surface area contributed by atoms with E-state index in [-0.39, 0.29) is 47.8 Å². The van der Waals surface area contributed by atoms with Crippen molar-refractivity contribution in [3.05, 3.63) is 0 Å². The number of nitrogens with two attached hydrogens (primary N) is 1. The summed E-state index contributed by atoms with van der Waals surface area (Å²) in [5.41, 5.74) is 5.39. The highest BCUT2D eigenvalue weighted by Gasteiger charge is 2.63. The lowest BCUT2D eigenvalue weighted by molar-refractivity contribution is -0.171. The molecule has 2 rings (SSSR count). The van der Waals surface area contributed by atoms with Gasteiger partial charge in [-0.3, -0.25) is 4.79 Å². The highest BCUT2D eigenvalue weighted by Crippen LogP contribution is 2.50. The lowest BCUT2D eigenvalue weighted by atomic mass is 9.54. The largest absolute Gasteiger partial charge is 0.378 e. The third-order valence-electron chi connectivity index (χ3n) is 6.83. The number of carbonyl (C=O) groups is 1. The van der Waals surface area contributed by atoms with Crippen LogP contribution in [0.4, 0.5) is 0 Å². The molecule has 2 aliphatic rings. The number of nitrogens with one attached hydrogen (secondary N) is 1. The van der Waals surface area contributed by atoms with Gasteiger partial charge in [0.05, 0.1) is 6.10 Å². The molecule has 0 saturated heterocycles. The molecule has 156 valence electrons. The molecule has 2 fully saturated rings. The maximum Gasteiger partial charge on any atom is 0.240 e. The Morgan fingerprint density at radius 2 is 1.88 bits per heavy atom. The molecule has 1 amide bonds. The molecule has 0 aromatic heterocycles. The van der Waals surface area contributed by atoms with Gasteiger partial charge in [0.15, 0.2) is 0 Å². The van der Waals surface area contributed by atoms with Gasteiger partial charge in [0, 0.05) is 30.5 Å². The zero-order valence-corrected chi connectivity index (χ0v) is 18.9. The Bertz CT molecular complexity index is 476. The second-order valence-corrected chi connectivity index (χ2v) is 8.84. The van der Waals surface area contributed by atoms with Crippen molar-refractivity contribution in [2.24, 2.45) is 17.1 Å². The number of nitrogens with zero attached hydrogens (tertiary/aromatic N) is 1. The van der Waals surface area contributed by atoms with Gasteiger partial charge in [-0.05, 0) is 39.8 Å². The van der Waals surface area contributed by atoms with Crippen LogP contribution in [-0.4, -0.2) is 55.2 Å². The maximum atomic E-state index is 12.9. The fourth-order valence-electron chi connectivity index (χ4n) is 4.58. The third-order valence-corrected chi connectivity index (χ3v) is 6.83. The van der Waals surface area contributed by atoms with Crippen molar-refractivity contribution >= 4 is 30.7 Å². The minimum absolute atomic E-state index is 0. The van der Waals surface area contributed by atoms with E-state index in [0.29, 0.717) is 25.5 Å². The van der Waals surface area contributed by atoms with Gasteiger partial charge in [-0.15, -0.1) is 24.8 Å². The van der Waals surface area contributed by atoms with E-state index >= 15 is 0 Å². The molecule has 5 nitrogen and oxygen atoms in total. The minimum Gasteiger partial charge on any atom is -0.378 e. The summed E-state index contributed by atoms with van der Waals surface area (Å²) in [5.74, 6) is 0.676. The van der Waals surface area contributed by atoms with Gasteiger partial charge in [-0.2, -0.15) is 0 Å². The molecule has 0 aromatic rings.